The maximum Gasteiger partial charge on any atom is 0.307 e. The van der Waals surface area contributed by atoms with Gasteiger partial charge in [0, 0.05) is 35.2 Å². The van der Waals surface area contributed by atoms with Gasteiger partial charge in [0.2, 0.25) is 5.91 Å². The Kier molecular flexibility index (Phi) is 4.57. The number of amides is 2. The number of rotatable bonds is 4. The maximum atomic E-state index is 12.5. The number of nitrogens with one attached hydrogen (secondary N) is 2. The minimum Gasteiger partial charge on any atom is -0.481 e. The van der Waals surface area contributed by atoms with Crippen LogP contribution in [-0.4, -0.2) is 34.4 Å². The van der Waals surface area contributed by atoms with E-state index in [1.54, 1.807) is 35.2 Å². The van der Waals surface area contributed by atoms with Gasteiger partial charge in [0.15, 0.2) is 0 Å². The van der Waals surface area contributed by atoms with Gasteiger partial charge in [0.05, 0.1) is 5.92 Å². The first-order chi connectivity index (χ1) is 13.5. The molecule has 1 fully saturated rings. The number of carboxylic acids is 1. The summed E-state index contributed by atoms with van der Waals surface area (Å²) in [7, 11) is 0. The highest BCUT2D eigenvalue weighted by atomic mass is 16.4. The van der Waals surface area contributed by atoms with Gasteiger partial charge < -0.3 is 20.3 Å². The van der Waals surface area contributed by atoms with Crippen molar-refractivity contribution in [1.82, 2.24) is 4.98 Å². The number of aromatic amines is 1. The quantitative estimate of drug-likeness (QED) is 0.649. The molecule has 7 heteroatoms. The van der Waals surface area contributed by atoms with Crippen molar-refractivity contribution in [1.29, 1.82) is 0 Å². The Morgan fingerprint density at radius 1 is 1.11 bits per heavy atom. The van der Waals surface area contributed by atoms with Gasteiger partial charge in [-0.2, -0.15) is 0 Å². The molecule has 2 heterocycles. The molecule has 0 spiro atoms. The second kappa shape index (κ2) is 7.19. The number of nitrogens with zero attached hydrogens (tertiary/aromatic N) is 1. The predicted octanol–water partition coefficient (Wildman–Crippen LogP) is 3.25. The lowest BCUT2D eigenvalue weighted by Crippen LogP contribution is -2.40. The van der Waals surface area contributed by atoms with Crippen LogP contribution < -0.4 is 10.2 Å². The highest BCUT2D eigenvalue weighted by molar-refractivity contribution is 6.06. The molecule has 1 aromatic heterocycles. The van der Waals surface area contributed by atoms with Crippen LogP contribution in [0.15, 0.2) is 54.6 Å². The molecule has 1 unspecified atom stereocenters. The van der Waals surface area contributed by atoms with Crippen LogP contribution in [0.2, 0.25) is 0 Å². The highest BCUT2D eigenvalue weighted by Crippen LogP contribution is 2.26. The molecule has 3 aromatic rings. The number of hydrogen-bond acceptors (Lipinski definition) is 3. The first-order valence-electron chi connectivity index (χ1n) is 9.03. The number of para-hydroxylation sites is 1. The lowest BCUT2D eigenvalue weighted by Gasteiger charge is -2.30. The molecule has 28 heavy (non-hydrogen) atoms. The van der Waals surface area contributed by atoms with Gasteiger partial charge in [-0.25, -0.2) is 0 Å². The molecule has 1 aliphatic rings. The molecule has 142 valence electrons. The number of aliphatic carboxylic acids is 1. The van der Waals surface area contributed by atoms with E-state index in [1.807, 2.05) is 24.3 Å². The predicted molar refractivity (Wildman–Crippen MR) is 105 cm³/mol. The van der Waals surface area contributed by atoms with Crippen molar-refractivity contribution in [2.75, 3.05) is 16.8 Å². The van der Waals surface area contributed by atoms with E-state index in [0.717, 1.165) is 10.9 Å². The Morgan fingerprint density at radius 2 is 1.86 bits per heavy atom. The molecule has 0 bridgehead atoms. The van der Waals surface area contributed by atoms with Crippen molar-refractivity contribution in [2.45, 2.75) is 12.8 Å². The minimum atomic E-state index is -0.928. The van der Waals surface area contributed by atoms with Crippen LogP contribution in [-0.2, 0) is 9.59 Å². The second-order valence-corrected chi connectivity index (χ2v) is 6.84. The smallest absolute Gasteiger partial charge is 0.307 e. The van der Waals surface area contributed by atoms with Crippen molar-refractivity contribution in [3.8, 4) is 0 Å². The Hall–Kier alpha value is -3.61. The summed E-state index contributed by atoms with van der Waals surface area (Å²) in [4.78, 5) is 40.4. The number of benzene rings is 2. The van der Waals surface area contributed by atoms with Crippen molar-refractivity contribution in [3.05, 3.63) is 60.3 Å². The number of fused-ring (bicyclic) bond motifs is 1. The number of carbonyl (C=O) groups excluding carboxylic acids is 2. The van der Waals surface area contributed by atoms with E-state index >= 15 is 0 Å². The molecule has 1 aliphatic heterocycles. The van der Waals surface area contributed by atoms with E-state index in [4.69, 9.17) is 5.11 Å². The molecule has 0 radical (unpaired) electrons. The van der Waals surface area contributed by atoms with E-state index in [-0.39, 0.29) is 18.2 Å². The third-order valence-corrected chi connectivity index (χ3v) is 4.98. The van der Waals surface area contributed by atoms with Gasteiger partial charge in [-0.3, -0.25) is 14.4 Å². The van der Waals surface area contributed by atoms with E-state index in [1.165, 1.54) is 0 Å². The van der Waals surface area contributed by atoms with Crippen LogP contribution in [0.25, 0.3) is 10.9 Å². The highest BCUT2D eigenvalue weighted by Gasteiger charge is 2.30. The summed E-state index contributed by atoms with van der Waals surface area (Å²) < 4.78 is 0. The molecule has 1 atom stereocenters. The Bertz CT molecular complexity index is 1020. The third kappa shape index (κ3) is 3.46. The lowest BCUT2D eigenvalue weighted by atomic mass is 9.96. The van der Waals surface area contributed by atoms with Crippen LogP contribution in [0.5, 0.6) is 0 Å². The fourth-order valence-corrected chi connectivity index (χ4v) is 3.44. The van der Waals surface area contributed by atoms with Gasteiger partial charge in [-0.1, -0.05) is 18.2 Å². The zero-order chi connectivity index (χ0) is 19.7. The van der Waals surface area contributed by atoms with E-state index in [9.17, 15) is 14.4 Å². The summed E-state index contributed by atoms with van der Waals surface area (Å²) in [6, 6.07) is 16.4. The van der Waals surface area contributed by atoms with Crippen LogP contribution >= 0.6 is 0 Å². The van der Waals surface area contributed by atoms with Crippen molar-refractivity contribution in [2.24, 2.45) is 5.92 Å². The van der Waals surface area contributed by atoms with Gasteiger partial charge in [0.25, 0.3) is 5.91 Å². The molecule has 0 saturated carbocycles. The first kappa shape index (κ1) is 17.8. The zero-order valence-electron chi connectivity index (χ0n) is 15.0. The second-order valence-electron chi connectivity index (χ2n) is 6.84. The van der Waals surface area contributed by atoms with Gasteiger partial charge in [-0.15, -0.1) is 0 Å². The molecule has 2 amide bonds. The van der Waals surface area contributed by atoms with Crippen LogP contribution in [0.4, 0.5) is 11.4 Å². The monoisotopic (exact) mass is 377 g/mol. The average molecular weight is 377 g/mol. The third-order valence-electron chi connectivity index (χ3n) is 4.98. The van der Waals surface area contributed by atoms with Gasteiger partial charge >= 0.3 is 5.97 Å². The fourth-order valence-electron chi connectivity index (χ4n) is 3.44. The minimum absolute atomic E-state index is 0.00814. The summed E-state index contributed by atoms with van der Waals surface area (Å²) >= 11 is 0. The molecular weight excluding hydrogens is 358 g/mol. The van der Waals surface area contributed by atoms with Crippen LogP contribution in [0.3, 0.4) is 0 Å². The average Bonchev–Trinajstić information content (AvgIpc) is 3.13. The van der Waals surface area contributed by atoms with Crippen molar-refractivity contribution < 1.29 is 19.5 Å². The van der Waals surface area contributed by atoms with Crippen LogP contribution in [0.1, 0.15) is 23.3 Å². The topological polar surface area (TPSA) is 102 Å². The van der Waals surface area contributed by atoms with Crippen LogP contribution in [0, 0.1) is 5.92 Å². The number of aromatic nitrogens is 1. The summed E-state index contributed by atoms with van der Waals surface area (Å²) in [6.07, 6.45) is 0.439. The van der Waals surface area contributed by atoms with Gasteiger partial charge in [-0.05, 0) is 42.8 Å². The standard InChI is InChI=1S/C21H19N3O4/c25-19-12-14(21(27)28)9-10-24(19)16-7-5-15(6-8-16)22-20(26)18-11-13-3-1-2-4-17(13)23-18/h1-8,11,14,23H,9-10,12H2,(H,22,26)(H,27,28). The SMILES string of the molecule is O=C(Nc1ccc(N2CCC(C(=O)O)CC2=O)cc1)c1cc2ccccc2[nH]1. The zero-order valence-corrected chi connectivity index (χ0v) is 15.0. The van der Waals surface area contributed by atoms with Crippen molar-refractivity contribution >= 4 is 40.1 Å². The van der Waals surface area contributed by atoms with Gasteiger partial charge in [0.1, 0.15) is 5.69 Å². The summed E-state index contributed by atoms with van der Waals surface area (Å²) in [5.74, 6) is -1.99. The first-order valence-corrected chi connectivity index (χ1v) is 9.03. The molecule has 1 saturated heterocycles. The van der Waals surface area contributed by atoms with E-state index in [2.05, 4.69) is 10.3 Å². The molecule has 0 aliphatic carbocycles. The molecular formula is C21H19N3O4. The molecule has 2 aromatic carbocycles. The number of anilines is 2. The van der Waals surface area contributed by atoms with E-state index < -0.39 is 11.9 Å². The molecule has 3 N–H and O–H groups in total. The number of piperidine rings is 1. The number of carboxylic acid groups (broad SMARTS) is 1. The molecule has 4 rings (SSSR count). The summed E-state index contributed by atoms with van der Waals surface area (Å²) in [5, 5.41) is 12.9. The fraction of sp³-hybridized carbons (Fsp3) is 0.190. The van der Waals surface area contributed by atoms with Crippen molar-refractivity contribution in [3.63, 3.8) is 0 Å². The number of H-pyrrole nitrogens is 1. The normalized spacial score (nSPS) is 16.9. The number of hydrogen-bond donors (Lipinski definition) is 3. The Balaban J connectivity index is 1.44. The Morgan fingerprint density at radius 3 is 2.54 bits per heavy atom. The molecule has 7 nitrogen and oxygen atoms in total. The Labute approximate surface area is 161 Å². The maximum absolute atomic E-state index is 12.5. The summed E-state index contributed by atoms with van der Waals surface area (Å²) in [6.45, 7) is 0.372. The number of carbonyl (C=O) groups is 3. The lowest BCUT2D eigenvalue weighted by molar-refractivity contribution is -0.144. The largest absolute Gasteiger partial charge is 0.481 e. The van der Waals surface area contributed by atoms with E-state index in [0.29, 0.717) is 30.0 Å². The summed E-state index contributed by atoms with van der Waals surface area (Å²) in [5.41, 5.74) is 2.67.